The standard InChI is InChI=1S/C18H23N3OS2/c22-17(20-9-10-23-12-14-5-2-1-3-6-14)16-13-24-18(21-16)15-7-4-8-19-11-15/h1-3,5-6,13,15,19H,4,7-12H2,(H,20,22). The van der Waals surface area contributed by atoms with Gasteiger partial charge in [-0.1, -0.05) is 30.3 Å². The average Bonchev–Trinajstić information content (AvgIpc) is 3.13. The minimum atomic E-state index is -0.0541. The van der Waals surface area contributed by atoms with Crippen molar-refractivity contribution in [2.45, 2.75) is 24.5 Å². The molecule has 2 N–H and O–H groups in total. The van der Waals surface area contributed by atoms with E-state index in [9.17, 15) is 4.79 Å². The second-order valence-corrected chi connectivity index (χ2v) is 7.90. The van der Waals surface area contributed by atoms with Crippen LogP contribution >= 0.6 is 23.1 Å². The smallest absolute Gasteiger partial charge is 0.270 e. The number of amides is 1. The maximum atomic E-state index is 12.2. The number of piperidine rings is 1. The van der Waals surface area contributed by atoms with E-state index in [4.69, 9.17) is 0 Å². The first-order valence-corrected chi connectivity index (χ1v) is 10.4. The van der Waals surface area contributed by atoms with Crippen molar-refractivity contribution in [2.24, 2.45) is 0 Å². The van der Waals surface area contributed by atoms with Gasteiger partial charge >= 0.3 is 0 Å². The van der Waals surface area contributed by atoms with E-state index >= 15 is 0 Å². The first-order chi connectivity index (χ1) is 11.8. The fourth-order valence-corrected chi connectivity index (χ4v) is 4.49. The van der Waals surface area contributed by atoms with Gasteiger partial charge in [-0.05, 0) is 24.9 Å². The Morgan fingerprint density at radius 3 is 3.04 bits per heavy atom. The van der Waals surface area contributed by atoms with Crippen LogP contribution in [-0.4, -0.2) is 36.3 Å². The summed E-state index contributed by atoms with van der Waals surface area (Å²) in [5.74, 6) is 2.30. The number of hydrogen-bond acceptors (Lipinski definition) is 5. The van der Waals surface area contributed by atoms with Gasteiger partial charge in [-0.2, -0.15) is 11.8 Å². The molecule has 128 valence electrons. The Hall–Kier alpha value is -1.37. The van der Waals surface area contributed by atoms with Crippen LogP contribution in [0.1, 0.15) is 39.8 Å². The highest BCUT2D eigenvalue weighted by Crippen LogP contribution is 2.26. The van der Waals surface area contributed by atoms with Crippen LogP contribution in [0.4, 0.5) is 0 Å². The number of benzene rings is 1. The van der Waals surface area contributed by atoms with E-state index in [0.29, 0.717) is 18.2 Å². The first-order valence-electron chi connectivity index (χ1n) is 8.39. The molecule has 0 radical (unpaired) electrons. The molecule has 1 fully saturated rings. The zero-order chi connectivity index (χ0) is 16.6. The van der Waals surface area contributed by atoms with Gasteiger partial charge in [0.05, 0.1) is 5.01 Å². The van der Waals surface area contributed by atoms with Crippen LogP contribution in [0, 0.1) is 0 Å². The quantitative estimate of drug-likeness (QED) is 0.743. The van der Waals surface area contributed by atoms with E-state index in [1.54, 1.807) is 11.3 Å². The number of nitrogens with zero attached hydrogens (tertiary/aromatic N) is 1. The summed E-state index contributed by atoms with van der Waals surface area (Å²) in [5, 5.41) is 9.34. The highest BCUT2D eigenvalue weighted by Gasteiger charge is 2.20. The van der Waals surface area contributed by atoms with Crippen molar-refractivity contribution in [2.75, 3.05) is 25.4 Å². The van der Waals surface area contributed by atoms with Crippen LogP contribution in [0.3, 0.4) is 0 Å². The normalized spacial score (nSPS) is 17.6. The highest BCUT2D eigenvalue weighted by atomic mass is 32.2. The molecule has 1 aliphatic heterocycles. The van der Waals surface area contributed by atoms with Gasteiger partial charge in [-0.25, -0.2) is 4.98 Å². The number of rotatable bonds is 7. The summed E-state index contributed by atoms with van der Waals surface area (Å²) in [7, 11) is 0. The maximum absolute atomic E-state index is 12.2. The van der Waals surface area contributed by atoms with Crippen LogP contribution < -0.4 is 10.6 Å². The van der Waals surface area contributed by atoms with E-state index in [-0.39, 0.29) is 5.91 Å². The lowest BCUT2D eigenvalue weighted by Gasteiger charge is -2.20. The lowest BCUT2D eigenvalue weighted by Crippen LogP contribution is -2.29. The lowest BCUT2D eigenvalue weighted by atomic mass is 10.0. The molecule has 4 nitrogen and oxygen atoms in total. The molecule has 3 rings (SSSR count). The van der Waals surface area contributed by atoms with Gasteiger partial charge < -0.3 is 10.6 Å². The zero-order valence-electron chi connectivity index (χ0n) is 13.7. The Kier molecular flexibility index (Phi) is 6.69. The van der Waals surface area contributed by atoms with Crippen molar-refractivity contribution in [1.29, 1.82) is 0 Å². The van der Waals surface area contributed by atoms with Gasteiger partial charge in [0.15, 0.2) is 0 Å². The minimum Gasteiger partial charge on any atom is -0.350 e. The topological polar surface area (TPSA) is 54.0 Å². The van der Waals surface area contributed by atoms with Crippen LogP contribution in [0.25, 0.3) is 0 Å². The molecule has 2 aromatic rings. The Morgan fingerprint density at radius 2 is 2.25 bits per heavy atom. The summed E-state index contributed by atoms with van der Waals surface area (Å²) >= 11 is 3.44. The fourth-order valence-electron chi connectivity index (χ4n) is 2.73. The van der Waals surface area contributed by atoms with Gasteiger partial charge in [0, 0.05) is 35.9 Å². The molecule has 2 heterocycles. The van der Waals surface area contributed by atoms with Crippen molar-refractivity contribution in [1.82, 2.24) is 15.6 Å². The van der Waals surface area contributed by atoms with Crippen LogP contribution in [0.15, 0.2) is 35.7 Å². The SMILES string of the molecule is O=C(NCCSCc1ccccc1)c1csc(C2CCCNC2)n1. The Balaban J connectivity index is 1.38. The van der Waals surface area contributed by atoms with Crippen molar-refractivity contribution in [3.05, 3.63) is 52.0 Å². The molecule has 1 aromatic heterocycles. The van der Waals surface area contributed by atoms with Crippen molar-refractivity contribution >= 4 is 29.0 Å². The Morgan fingerprint density at radius 1 is 1.38 bits per heavy atom. The third-order valence-electron chi connectivity index (χ3n) is 4.04. The van der Waals surface area contributed by atoms with Gasteiger partial charge in [0.25, 0.3) is 5.91 Å². The molecule has 24 heavy (non-hydrogen) atoms. The molecule has 1 atom stereocenters. The number of thioether (sulfide) groups is 1. The molecule has 0 aliphatic carbocycles. The predicted molar refractivity (Wildman–Crippen MR) is 102 cm³/mol. The second kappa shape index (κ2) is 9.20. The molecular weight excluding hydrogens is 338 g/mol. The summed E-state index contributed by atoms with van der Waals surface area (Å²) in [6, 6.07) is 10.4. The largest absolute Gasteiger partial charge is 0.350 e. The van der Waals surface area contributed by atoms with E-state index in [1.165, 1.54) is 12.0 Å². The number of carbonyl (C=O) groups is 1. The van der Waals surface area contributed by atoms with E-state index in [1.807, 2.05) is 23.2 Å². The third-order valence-corrected chi connectivity index (χ3v) is 6.08. The number of carbonyl (C=O) groups excluding carboxylic acids is 1. The monoisotopic (exact) mass is 361 g/mol. The van der Waals surface area contributed by atoms with Crippen LogP contribution in [0.2, 0.25) is 0 Å². The molecule has 1 aromatic carbocycles. The highest BCUT2D eigenvalue weighted by molar-refractivity contribution is 7.98. The van der Waals surface area contributed by atoms with Gasteiger partial charge in [0.1, 0.15) is 5.69 Å². The fraction of sp³-hybridized carbons (Fsp3) is 0.444. The lowest BCUT2D eigenvalue weighted by molar-refractivity contribution is 0.0951. The van der Waals surface area contributed by atoms with Crippen LogP contribution in [0.5, 0.6) is 0 Å². The first kappa shape index (κ1) is 17.5. The zero-order valence-corrected chi connectivity index (χ0v) is 15.3. The summed E-state index contributed by atoms with van der Waals surface area (Å²) < 4.78 is 0. The number of nitrogens with one attached hydrogen (secondary N) is 2. The number of hydrogen-bond donors (Lipinski definition) is 2. The second-order valence-electron chi connectivity index (χ2n) is 5.91. The minimum absolute atomic E-state index is 0.0541. The van der Waals surface area contributed by atoms with Crippen LogP contribution in [-0.2, 0) is 5.75 Å². The van der Waals surface area contributed by atoms with E-state index < -0.39 is 0 Å². The van der Waals surface area contributed by atoms with Crippen molar-refractivity contribution in [3.63, 3.8) is 0 Å². The summed E-state index contributed by atoms with van der Waals surface area (Å²) in [5.41, 5.74) is 1.88. The van der Waals surface area contributed by atoms with E-state index in [2.05, 4.69) is 39.9 Å². The Labute approximate surface area is 151 Å². The van der Waals surface area contributed by atoms with Gasteiger partial charge in [-0.15, -0.1) is 11.3 Å². The Bertz CT molecular complexity index is 639. The molecule has 1 aliphatic rings. The molecule has 1 unspecified atom stereocenters. The van der Waals surface area contributed by atoms with Gasteiger partial charge in [0.2, 0.25) is 0 Å². The molecule has 1 amide bonds. The molecule has 0 spiro atoms. The van der Waals surface area contributed by atoms with Gasteiger partial charge in [-0.3, -0.25) is 4.79 Å². The summed E-state index contributed by atoms with van der Waals surface area (Å²) in [4.78, 5) is 16.7. The van der Waals surface area contributed by atoms with Crippen molar-refractivity contribution in [3.8, 4) is 0 Å². The third kappa shape index (κ3) is 5.06. The number of thiazole rings is 1. The average molecular weight is 362 g/mol. The van der Waals surface area contributed by atoms with E-state index in [0.717, 1.165) is 36.0 Å². The molecular formula is C18H23N3OS2. The predicted octanol–water partition coefficient (Wildman–Crippen LogP) is 3.27. The maximum Gasteiger partial charge on any atom is 0.270 e. The molecule has 0 bridgehead atoms. The molecule has 1 saturated heterocycles. The molecule has 6 heteroatoms. The molecule has 0 saturated carbocycles. The summed E-state index contributed by atoms with van der Waals surface area (Å²) in [6.45, 7) is 2.74. The van der Waals surface area contributed by atoms with Crippen molar-refractivity contribution < 1.29 is 4.79 Å². The summed E-state index contributed by atoms with van der Waals surface area (Å²) in [6.07, 6.45) is 2.35. The number of aromatic nitrogens is 1.